The van der Waals surface area contributed by atoms with Crippen LogP contribution in [-0.2, 0) is 23.8 Å². The summed E-state index contributed by atoms with van der Waals surface area (Å²) in [6.07, 6.45) is 0. The highest BCUT2D eigenvalue weighted by Gasteiger charge is 2.32. The van der Waals surface area contributed by atoms with E-state index in [1.54, 1.807) is 6.07 Å². The number of nitriles is 1. The lowest BCUT2D eigenvalue weighted by atomic mass is 10.1. The number of carbonyl (C=O) groups excluding carboxylic acids is 2. The van der Waals surface area contributed by atoms with Crippen molar-refractivity contribution in [2.75, 3.05) is 32.5 Å². The minimum absolute atomic E-state index is 0.0198. The Morgan fingerprint density at radius 3 is 2.57 bits per heavy atom. The summed E-state index contributed by atoms with van der Waals surface area (Å²) in [5, 5.41) is 9.15. The van der Waals surface area contributed by atoms with E-state index in [2.05, 4.69) is 4.74 Å². The van der Waals surface area contributed by atoms with Gasteiger partial charge in [0.15, 0.2) is 0 Å². The molecule has 0 aromatic heterocycles. The van der Waals surface area contributed by atoms with Crippen molar-refractivity contribution in [2.45, 2.75) is 0 Å². The summed E-state index contributed by atoms with van der Waals surface area (Å²) in [6, 6.07) is 6.56. The molecule has 0 saturated heterocycles. The van der Waals surface area contributed by atoms with Gasteiger partial charge in [0.2, 0.25) is 0 Å². The van der Waals surface area contributed by atoms with Gasteiger partial charge in [-0.05, 0) is 18.2 Å². The number of benzene rings is 1. The molecule has 0 unspecified atom stereocenters. The normalized spacial score (nSPS) is 14.3. The third kappa shape index (κ3) is 3.28. The van der Waals surface area contributed by atoms with Crippen molar-refractivity contribution >= 4 is 29.2 Å². The van der Waals surface area contributed by atoms with Crippen LogP contribution >= 0.6 is 11.6 Å². The first-order valence-electron chi connectivity index (χ1n) is 6.48. The summed E-state index contributed by atoms with van der Waals surface area (Å²) < 4.78 is 14.8. The number of halogens is 1. The molecular weight excluding hydrogens is 324 g/mol. The topological polar surface area (TPSA) is 88.9 Å². The van der Waals surface area contributed by atoms with E-state index in [0.717, 1.165) is 0 Å². The van der Waals surface area contributed by atoms with E-state index in [0.29, 0.717) is 11.3 Å². The summed E-state index contributed by atoms with van der Waals surface area (Å²) in [5.74, 6) is -1.39. The number of nitrogens with zero attached hydrogens (tertiary/aromatic N) is 2. The first-order valence-corrected chi connectivity index (χ1v) is 6.86. The van der Waals surface area contributed by atoms with E-state index in [-0.39, 0.29) is 29.6 Å². The Hall–Kier alpha value is -2.56. The number of methoxy groups -OCH3 is 2. The zero-order chi connectivity index (χ0) is 17.0. The Morgan fingerprint density at radius 2 is 2.00 bits per heavy atom. The van der Waals surface area contributed by atoms with E-state index in [9.17, 15) is 9.59 Å². The minimum atomic E-state index is -0.700. The van der Waals surface area contributed by atoms with E-state index in [4.69, 9.17) is 26.3 Å². The van der Waals surface area contributed by atoms with Gasteiger partial charge in [0.1, 0.15) is 18.5 Å². The van der Waals surface area contributed by atoms with Gasteiger partial charge < -0.3 is 19.1 Å². The van der Waals surface area contributed by atoms with Crippen LogP contribution in [0.3, 0.4) is 0 Å². The molecule has 23 heavy (non-hydrogen) atoms. The van der Waals surface area contributed by atoms with Crippen LogP contribution in [0.15, 0.2) is 29.5 Å². The second-order valence-corrected chi connectivity index (χ2v) is 4.90. The minimum Gasteiger partial charge on any atom is -0.466 e. The zero-order valence-corrected chi connectivity index (χ0v) is 13.2. The molecule has 0 atom stereocenters. The number of anilines is 1. The molecule has 1 heterocycles. The van der Waals surface area contributed by atoms with Crippen LogP contribution in [0.2, 0.25) is 5.02 Å². The number of esters is 2. The molecule has 1 aromatic carbocycles. The van der Waals surface area contributed by atoms with Crippen LogP contribution in [0.4, 0.5) is 5.69 Å². The van der Waals surface area contributed by atoms with E-state index in [1.807, 2.05) is 6.07 Å². The number of hydrogen-bond donors (Lipinski definition) is 0. The predicted molar refractivity (Wildman–Crippen MR) is 80.5 cm³/mol. The van der Waals surface area contributed by atoms with Gasteiger partial charge in [-0.3, -0.25) is 0 Å². The number of ether oxygens (including phenoxy) is 3. The van der Waals surface area contributed by atoms with Gasteiger partial charge in [0, 0.05) is 5.69 Å². The average molecular weight is 337 g/mol. The Bertz CT molecular complexity index is 723. The molecule has 120 valence electrons. The van der Waals surface area contributed by atoms with Crippen LogP contribution < -0.4 is 4.90 Å². The van der Waals surface area contributed by atoms with Crippen molar-refractivity contribution in [1.29, 1.82) is 5.26 Å². The molecule has 0 fully saturated rings. The fourth-order valence-corrected chi connectivity index (χ4v) is 2.33. The predicted octanol–water partition coefficient (Wildman–Crippen LogP) is 1.61. The SMILES string of the molecule is COC(=O)C1=C(C(=O)OC)N(c2ccc(C#N)c(Cl)c2)COC1. The monoisotopic (exact) mass is 336 g/mol. The Morgan fingerprint density at radius 1 is 1.30 bits per heavy atom. The van der Waals surface area contributed by atoms with Gasteiger partial charge in [-0.2, -0.15) is 5.26 Å². The van der Waals surface area contributed by atoms with Gasteiger partial charge in [-0.25, -0.2) is 9.59 Å². The molecule has 1 aromatic rings. The molecule has 7 nitrogen and oxygen atoms in total. The fourth-order valence-electron chi connectivity index (χ4n) is 2.11. The number of hydrogen-bond acceptors (Lipinski definition) is 7. The third-order valence-electron chi connectivity index (χ3n) is 3.22. The van der Waals surface area contributed by atoms with Crippen molar-refractivity contribution in [3.05, 3.63) is 40.1 Å². The molecule has 0 amide bonds. The van der Waals surface area contributed by atoms with Crippen molar-refractivity contribution in [3.8, 4) is 6.07 Å². The molecule has 2 rings (SSSR count). The second kappa shape index (κ2) is 7.13. The first-order chi connectivity index (χ1) is 11.0. The van der Waals surface area contributed by atoms with Gasteiger partial charge in [-0.1, -0.05) is 11.6 Å². The fraction of sp³-hybridized carbons (Fsp3) is 0.267. The third-order valence-corrected chi connectivity index (χ3v) is 3.53. The van der Waals surface area contributed by atoms with Crippen molar-refractivity contribution in [2.24, 2.45) is 0 Å². The highest BCUT2D eigenvalue weighted by atomic mass is 35.5. The highest BCUT2D eigenvalue weighted by Crippen LogP contribution is 2.29. The second-order valence-electron chi connectivity index (χ2n) is 4.49. The summed E-state index contributed by atoms with van der Waals surface area (Å²) in [7, 11) is 2.42. The van der Waals surface area contributed by atoms with Gasteiger partial charge in [-0.15, -0.1) is 0 Å². The molecular formula is C15H13ClN2O5. The van der Waals surface area contributed by atoms with E-state index >= 15 is 0 Å². The summed E-state index contributed by atoms with van der Waals surface area (Å²) in [5.41, 5.74) is 0.845. The molecule has 0 radical (unpaired) electrons. The zero-order valence-electron chi connectivity index (χ0n) is 12.5. The maximum atomic E-state index is 12.1. The lowest BCUT2D eigenvalue weighted by Gasteiger charge is -2.31. The maximum absolute atomic E-state index is 12.1. The molecule has 1 aliphatic rings. The highest BCUT2D eigenvalue weighted by molar-refractivity contribution is 6.32. The molecule has 1 aliphatic heterocycles. The Kier molecular flexibility index (Phi) is 5.21. The van der Waals surface area contributed by atoms with Gasteiger partial charge >= 0.3 is 11.9 Å². The number of carbonyl (C=O) groups is 2. The van der Waals surface area contributed by atoms with Gasteiger partial charge in [0.05, 0.1) is 37.0 Å². The van der Waals surface area contributed by atoms with E-state index in [1.165, 1.54) is 31.3 Å². The molecule has 8 heteroatoms. The van der Waals surface area contributed by atoms with Crippen LogP contribution in [0.25, 0.3) is 0 Å². The molecule has 0 N–H and O–H groups in total. The van der Waals surface area contributed by atoms with Crippen LogP contribution in [0, 0.1) is 11.3 Å². The van der Waals surface area contributed by atoms with Crippen molar-refractivity contribution < 1.29 is 23.8 Å². The van der Waals surface area contributed by atoms with Gasteiger partial charge in [0.25, 0.3) is 0 Å². The quantitative estimate of drug-likeness (QED) is 0.774. The first kappa shape index (κ1) is 16.8. The lowest BCUT2D eigenvalue weighted by Crippen LogP contribution is -2.38. The summed E-state index contributed by atoms with van der Waals surface area (Å²) >= 11 is 6.02. The Labute approximate surface area is 137 Å². The lowest BCUT2D eigenvalue weighted by molar-refractivity contribution is -0.140. The summed E-state index contributed by atoms with van der Waals surface area (Å²) in [6.45, 7) is -0.0508. The smallest absolute Gasteiger partial charge is 0.355 e. The maximum Gasteiger partial charge on any atom is 0.355 e. The summed E-state index contributed by atoms with van der Waals surface area (Å²) in [4.78, 5) is 25.4. The van der Waals surface area contributed by atoms with Crippen molar-refractivity contribution in [1.82, 2.24) is 0 Å². The van der Waals surface area contributed by atoms with Crippen LogP contribution in [-0.4, -0.2) is 39.5 Å². The number of rotatable bonds is 3. The molecule has 0 bridgehead atoms. The average Bonchev–Trinajstić information content (AvgIpc) is 2.59. The molecule has 0 spiro atoms. The molecule has 0 aliphatic carbocycles. The largest absolute Gasteiger partial charge is 0.466 e. The van der Waals surface area contributed by atoms with Crippen molar-refractivity contribution in [3.63, 3.8) is 0 Å². The Balaban J connectivity index is 2.55. The van der Waals surface area contributed by atoms with E-state index < -0.39 is 11.9 Å². The van der Waals surface area contributed by atoms with Crippen LogP contribution in [0.1, 0.15) is 5.56 Å². The molecule has 0 saturated carbocycles. The van der Waals surface area contributed by atoms with Crippen LogP contribution in [0.5, 0.6) is 0 Å². The standard InChI is InChI=1S/C15H13ClN2O5/c1-21-14(19)11-7-23-8-18(13(11)15(20)22-2)10-4-3-9(6-17)12(16)5-10/h3-5H,7-8H2,1-2H3.